The topological polar surface area (TPSA) is 34.4 Å². The molecule has 0 saturated heterocycles. The molecule has 3 aromatic rings. The van der Waals surface area contributed by atoms with Gasteiger partial charge in [-0.15, -0.1) is 35.0 Å². The first-order chi connectivity index (χ1) is 10.9. The normalized spacial score (nSPS) is 26.5. The Morgan fingerprint density at radius 3 is 2.88 bits per heavy atom. The summed E-state index contributed by atoms with van der Waals surface area (Å²) in [4.78, 5) is 17.3. The van der Waals surface area contributed by atoms with Crippen LogP contribution in [-0.4, -0.2) is 9.38 Å². The number of aromatic nitrogens is 2. The van der Waals surface area contributed by atoms with Crippen LogP contribution < -0.4 is 5.56 Å². The Morgan fingerprint density at radius 2 is 2.08 bits per heavy atom. The Morgan fingerprint density at radius 1 is 1.29 bits per heavy atom. The fraction of sp³-hybridized carbons (Fsp3) is 0.400. The molecular formula is C20H19IrN2O-. The van der Waals surface area contributed by atoms with Crippen molar-refractivity contribution in [2.45, 2.75) is 44.9 Å². The second kappa shape index (κ2) is 4.77. The minimum Gasteiger partial charge on any atom is -0.345 e. The molecule has 2 heterocycles. The molecule has 0 spiro atoms. The molecule has 2 aliphatic carbocycles. The molecule has 2 aromatic heterocycles. The van der Waals surface area contributed by atoms with Crippen molar-refractivity contribution in [1.82, 2.24) is 9.38 Å². The standard InChI is InChI=1S/C20H19N2O.Ir/c1-19(2)14-8-10-20(19,3)16-15(14)18(23)21-17-13-7-5-4-6-12(13)9-11-22(16)17;/h4-6,9,11,14H,8,10H2,1-3H3;/q-1;. The molecule has 24 heavy (non-hydrogen) atoms. The van der Waals surface area contributed by atoms with Crippen LogP contribution in [-0.2, 0) is 25.5 Å². The van der Waals surface area contributed by atoms with E-state index in [1.165, 1.54) is 5.69 Å². The minimum atomic E-state index is -0.0359. The summed E-state index contributed by atoms with van der Waals surface area (Å²) in [6, 6.07) is 11.3. The van der Waals surface area contributed by atoms with E-state index < -0.39 is 0 Å². The van der Waals surface area contributed by atoms with Crippen LogP contribution in [0.2, 0.25) is 0 Å². The van der Waals surface area contributed by atoms with Crippen molar-refractivity contribution >= 4 is 16.4 Å². The third-order valence-electron chi connectivity index (χ3n) is 6.77. The quantitative estimate of drug-likeness (QED) is 0.351. The van der Waals surface area contributed by atoms with Crippen LogP contribution in [0.3, 0.4) is 0 Å². The average Bonchev–Trinajstić information content (AvgIpc) is 2.87. The average molecular weight is 496 g/mol. The van der Waals surface area contributed by atoms with Crippen LogP contribution >= 0.6 is 0 Å². The van der Waals surface area contributed by atoms with Gasteiger partial charge in [-0.05, 0) is 30.4 Å². The zero-order valence-corrected chi connectivity index (χ0v) is 16.4. The Bertz CT molecular complexity index is 1050. The number of rotatable bonds is 0. The first-order valence-electron chi connectivity index (χ1n) is 8.31. The van der Waals surface area contributed by atoms with Crippen LogP contribution in [0.4, 0.5) is 0 Å². The number of hydrogen-bond donors (Lipinski definition) is 0. The molecule has 0 N–H and O–H groups in total. The van der Waals surface area contributed by atoms with E-state index in [1.54, 1.807) is 0 Å². The van der Waals surface area contributed by atoms with Gasteiger partial charge in [0, 0.05) is 36.8 Å². The van der Waals surface area contributed by atoms with E-state index in [1.807, 2.05) is 18.2 Å². The first kappa shape index (κ1) is 16.0. The molecule has 1 fully saturated rings. The van der Waals surface area contributed by atoms with Gasteiger partial charge in [-0.25, -0.2) is 4.98 Å². The van der Waals surface area contributed by atoms with E-state index in [0.717, 1.165) is 34.8 Å². The van der Waals surface area contributed by atoms with Crippen molar-refractivity contribution in [2.24, 2.45) is 5.41 Å². The third kappa shape index (κ3) is 1.61. The SMILES string of the molecule is CC12CCC(c3c1n1ccc4ccc[c-]c4c1nc3=O)C2(C)C.[Ir]. The Labute approximate surface area is 154 Å². The van der Waals surface area contributed by atoms with Crippen molar-refractivity contribution in [3.8, 4) is 0 Å². The molecule has 2 bridgehead atoms. The van der Waals surface area contributed by atoms with Gasteiger partial charge in [0.1, 0.15) is 0 Å². The van der Waals surface area contributed by atoms with Crippen LogP contribution in [0.25, 0.3) is 16.4 Å². The number of fused-ring (bicyclic) bond motifs is 9. The third-order valence-corrected chi connectivity index (χ3v) is 6.77. The maximum atomic E-state index is 12.9. The summed E-state index contributed by atoms with van der Waals surface area (Å²) in [6.07, 6.45) is 4.32. The molecule has 4 heteroatoms. The molecular weight excluding hydrogens is 476 g/mol. The van der Waals surface area contributed by atoms with Crippen molar-refractivity contribution < 1.29 is 20.1 Å². The van der Waals surface area contributed by atoms with Gasteiger partial charge in [0.2, 0.25) is 0 Å². The van der Waals surface area contributed by atoms with Gasteiger partial charge >= 0.3 is 0 Å². The molecule has 0 aliphatic heterocycles. The fourth-order valence-electron chi connectivity index (χ4n) is 5.11. The number of hydrogen-bond acceptors (Lipinski definition) is 2. The summed E-state index contributed by atoms with van der Waals surface area (Å²) in [5.41, 5.74) is 2.99. The van der Waals surface area contributed by atoms with Gasteiger partial charge < -0.3 is 4.40 Å². The summed E-state index contributed by atoms with van der Waals surface area (Å²) in [6.45, 7) is 6.94. The molecule has 5 rings (SSSR count). The Kier molecular flexibility index (Phi) is 3.18. The zero-order valence-electron chi connectivity index (χ0n) is 14.0. The maximum Gasteiger partial charge on any atom is 0.267 e. The molecule has 2 unspecified atom stereocenters. The van der Waals surface area contributed by atoms with Crippen LogP contribution in [0.5, 0.6) is 0 Å². The summed E-state index contributed by atoms with van der Waals surface area (Å²) >= 11 is 0. The Hall–Kier alpha value is -1.51. The predicted octanol–water partition coefficient (Wildman–Crippen LogP) is 3.82. The van der Waals surface area contributed by atoms with Gasteiger partial charge in [0.05, 0.1) is 5.65 Å². The van der Waals surface area contributed by atoms with Gasteiger partial charge in [-0.3, -0.25) is 4.79 Å². The summed E-state index contributed by atoms with van der Waals surface area (Å²) in [5.74, 6) is 0.329. The van der Waals surface area contributed by atoms with E-state index in [-0.39, 0.29) is 36.5 Å². The molecule has 1 radical (unpaired) electrons. The largest absolute Gasteiger partial charge is 0.345 e. The van der Waals surface area contributed by atoms with E-state index in [2.05, 4.69) is 48.5 Å². The fourth-order valence-corrected chi connectivity index (χ4v) is 5.11. The minimum absolute atomic E-state index is 0. The second-order valence-electron chi connectivity index (χ2n) is 7.83. The van der Waals surface area contributed by atoms with Gasteiger partial charge in [-0.2, -0.15) is 0 Å². The number of benzene rings is 1. The molecule has 125 valence electrons. The molecule has 0 amide bonds. The van der Waals surface area contributed by atoms with Crippen molar-refractivity contribution in [2.75, 3.05) is 0 Å². The summed E-state index contributed by atoms with van der Waals surface area (Å²) < 4.78 is 2.16. The Balaban J connectivity index is 0.00000146. The maximum absolute atomic E-state index is 12.9. The second-order valence-corrected chi connectivity index (χ2v) is 7.83. The number of pyridine rings is 1. The van der Waals surface area contributed by atoms with Gasteiger partial charge in [0.15, 0.2) is 0 Å². The van der Waals surface area contributed by atoms with E-state index in [0.29, 0.717) is 5.92 Å². The first-order valence-corrected chi connectivity index (χ1v) is 8.31. The molecule has 3 nitrogen and oxygen atoms in total. The van der Waals surface area contributed by atoms with E-state index >= 15 is 0 Å². The van der Waals surface area contributed by atoms with Gasteiger partial charge in [0.25, 0.3) is 5.56 Å². The molecule has 2 aliphatic rings. The number of nitrogens with zero attached hydrogens (tertiary/aromatic N) is 2. The van der Waals surface area contributed by atoms with Crippen LogP contribution in [0.1, 0.15) is 50.8 Å². The smallest absolute Gasteiger partial charge is 0.267 e. The molecule has 1 aromatic carbocycles. The van der Waals surface area contributed by atoms with E-state index in [9.17, 15) is 4.79 Å². The molecule has 2 atom stereocenters. The monoisotopic (exact) mass is 496 g/mol. The van der Waals surface area contributed by atoms with Crippen molar-refractivity contribution in [3.05, 3.63) is 58.1 Å². The van der Waals surface area contributed by atoms with Crippen LogP contribution in [0.15, 0.2) is 35.3 Å². The zero-order chi connectivity index (χ0) is 16.0. The van der Waals surface area contributed by atoms with Crippen LogP contribution in [0, 0.1) is 11.5 Å². The predicted molar refractivity (Wildman–Crippen MR) is 90.9 cm³/mol. The molecule has 1 saturated carbocycles. The summed E-state index contributed by atoms with van der Waals surface area (Å²) in [5, 5.41) is 2.01. The van der Waals surface area contributed by atoms with Gasteiger partial charge in [-0.1, -0.05) is 26.8 Å². The van der Waals surface area contributed by atoms with Crippen molar-refractivity contribution in [3.63, 3.8) is 0 Å². The van der Waals surface area contributed by atoms with E-state index in [4.69, 9.17) is 0 Å². The summed E-state index contributed by atoms with van der Waals surface area (Å²) in [7, 11) is 0. The van der Waals surface area contributed by atoms with Crippen molar-refractivity contribution in [1.29, 1.82) is 0 Å².